The van der Waals surface area contributed by atoms with Gasteiger partial charge in [0.1, 0.15) is 0 Å². The van der Waals surface area contributed by atoms with Crippen LogP contribution >= 0.6 is 0 Å². The van der Waals surface area contributed by atoms with Gasteiger partial charge in [0, 0.05) is 0 Å². The molecule has 1 heteroatoms. The number of allylic oxidation sites excluding steroid dienone is 2. The highest BCUT2D eigenvalue weighted by atomic mass is 14.3. The van der Waals surface area contributed by atoms with E-state index in [2.05, 4.69) is 26.0 Å². The molecular formula is C9H13N. The zero-order chi connectivity index (χ0) is 7.56. The quantitative estimate of drug-likeness (QED) is 0.468. The molecule has 54 valence electrons. The molecular weight excluding hydrogens is 122 g/mol. The highest BCUT2D eigenvalue weighted by Crippen LogP contribution is 2.28. The van der Waals surface area contributed by atoms with Crippen LogP contribution in [-0.2, 0) is 0 Å². The Morgan fingerprint density at radius 1 is 1.70 bits per heavy atom. The molecule has 0 radical (unpaired) electrons. The van der Waals surface area contributed by atoms with Gasteiger partial charge in [-0.2, -0.15) is 5.26 Å². The van der Waals surface area contributed by atoms with Gasteiger partial charge in [0.25, 0.3) is 0 Å². The lowest BCUT2D eigenvalue weighted by atomic mass is 9.81. The Hall–Kier alpha value is -0.770. The van der Waals surface area contributed by atoms with Crippen molar-refractivity contribution in [1.82, 2.24) is 0 Å². The van der Waals surface area contributed by atoms with Gasteiger partial charge in [-0.25, -0.2) is 0 Å². The molecule has 0 spiro atoms. The van der Waals surface area contributed by atoms with Gasteiger partial charge < -0.3 is 0 Å². The SMILES string of the molecule is CC1=CCCC(C)C1C#N. The van der Waals surface area contributed by atoms with Crippen LogP contribution in [0.1, 0.15) is 26.7 Å². The number of rotatable bonds is 0. The van der Waals surface area contributed by atoms with Gasteiger partial charge in [0.05, 0.1) is 12.0 Å². The first-order valence-corrected chi connectivity index (χ1v) is 3.82. The predicted molar refractivity (Wildman–Crippen MR) is 41.3 cm³/mol. The maximum absolute atomic E-state index is 8.74. The van der Waals surface area contributed by atoms with E-state index in [-0.39, 0.29) is 5.92 Å². The molecule has 0 aromatic rings. The van der Waals surface area contributed by atoms with Crippen molar-refractivity contribution in [3.8, 4) is 6.07 Å². The highest BCUT2D eigenvalue weighted by molar-refractivity contribution is 5.15. The zero-order valence-corrected chi connectivity index (χ0v) is 6.59. The highest BCUT2D eigenvalue weighted by Gasteiger charge is 2.20. The summed E-state index contributed by atoms with van der Waals surface area (Å²) in [7, 11) is 0. The molecule has 0 amide bonds. The Morgan fingerprint density at radius 3 is 2.80 bits per heavy atom. The molecule has 0 bridgehead atoms. The molecule has 0 saturated heterocycles. The summed E-state index contributed by atoms with van der Waals surface area (Å²) in [5, 5.41) is 8.74. The lowest BCUT2D eigenvalue weighted by Gasteiger charge is -2.22. The third-order valence-corrected chi connectivity index (χ3v) is 2.29. The molecule has 0 aromatic heterocycles. The summed E-state index contributed by atoms with van der Waals surface area (Å²) in [4.78, 5) is 0. The van der Waals surface area contributed by atoms with Gasteiger partial charge in [-0.1, -0.05) is 18.6 Å². The summed E-state index contributed by atoms with van der Waals surface area (Å²) in [5.74, 6) is 0.753. The third-order valence-electron chi connectivity index (χ3n) is 2.29. The van der Waals surface area contributed by atoms with E-state index in [0.717, 1.165) is 6.42 Å². The smallest absolute Gasteiger partial charge is 0.0703 e. The molecule has 0 aliphatic heterocycles. The van der Waals surface area contributed by atoms with Crippen molar-refractivity contribution in [3.05, 3.63) is 11.6 Å². The van der Waals surface area contributed by atoms with Gasteiger partial charge in [0.15, 0.2) is 0 Å². The largest absolute Gasteiger partial charge is 0.198 e. The third kappa shape index (κ3) is 1.21. The Morgan fingerprint density at radius 2 is 2.40 bits per heavy atom. The Balaban J connectivity index is 2.75. The maximum atomic E-state index is 8.74. The van der Waals surface area contributed by atoms with Crippen LogP contribution in [0.5, 0.6) is 0 Å². The summed E-state index contributed by atoms with van der Waals surface area (Å²) < 4.78 is 0. The summed E-state index contributed by atoms with van der Waals surface area (Å²) in [5.41, 5.74) is 1.27. The first-order chi connectivity index (χ1) is 4.75. The number of hydrogen-bond acceptors (Lipinski definition) is 1. The molecule has 0 fully saturated rings. The fourth-order valence-corrected chi connectivity index (χ4v) is 1.55. The summed E-state index contributed by atoms with van der Waals surface area (Å²) in [6, 6.07) is 2.34. The Labute approximate surface area is 62.4 Å². The van der Waals surface area contributed by atoms with Gasteiger partial charge in [-0.05, 0) is 25.7 Å². The average Bonchev–Trinajstić information content (AvgIpc) is 1.88. The van der Waals surface area contributed by atoms with Gasteiger partial charge >= 0.3 is 0 Å². The predicted octanol–water partition coefficient (Wildman–Crippen LogP) is 2.50. The Kier molecular flexibility index (Phi) is 2.11. The fraction of sp³-hybridized carbons (Fsp3) is 0.667. The second kappa shape index (κ2) is 2.88. The first-order valence-electron chi connectivity index (χ1n) is 3.82. The lowest BCUT2D eigenvalue weighted by Crippen LogP contribution is -2.14. The van der Waals surface area contributed by atoms with E-state index in [0.29, 0.717) is 5.92 Å². The average molecular weight is 135 g/mol. The minimum atomic E-state index is 0.189. The molecule has 0 saturated carbocycles. The van der Waals surface area contributed by atoms with Gasteiger partial charge in [-0.15, -0.1) is 0 Å². The van der Waals surface area contributed by atoms with Crippen LogP contribution in [0.15, 0.2) is 11.6 Å². The topological polar surface area (TPSA) is 23.8 Å². The van der Waals surface area contributed by atoms with E-state index in [4.69, 9.17) is 5.26 Å². The van der Waals surface area contributed by atoms with Crippen molar-refractivity contribution in [3.63, 3.8) is 0 Å². The summed E-state index contributed by atoms with van der Waals surface area (Å²) >= 11 is 0. The van der Waals surface area contributed by atoms with Crippen LogP contribution in [-0.4, -0.2) is 0 Å². The van der Waals surface area contributed by atoms with Crippen molar-refractivity contribution in [2.45, 2.75) is 26.7 Å². The van der Waals surface area contributed by atoms with Crippen molar-refractivity contribution >= 4 is 0 Å². The monoisotopic (exact) mass is 135 g/mol. The molecule has 1 nitrogen and oxygen atoms in total. The minimum absolute atomic E-state index is 0.189. The molecule has 1 aliphatic carbocycles. The summed E-state index contributed by atoms with van der Waals surface area (Å²) in [6.45, 7) is 4.22. The first kappa shape index (κ1) is 7.34. The molecule has 2 atom stereocenters. The van der Waals surface area contributed by atoms with E-state index in [1.165, 1.54) is 12.0 Å². The normalized spacial score (nSPS) is 32.7. The minimum Gasteiger partial charge on any atom is -0.198 e. The molecule has 10 heavy (non-hydrogen) atoms. The van der Waals surface area contributed by atoms with E-state index < -0.39 is 0 Å². The van der Waals surface area contributed by atoms with Crippen LogP contribution in [0.4, 0.5) is 0 Å². The molecule has 0 heterocycles. The molecule has 1 aliphatic rings. The molecule has 1 rings (SSSR count). The Bertz CT molecular complexity index is 185. The standard InChI is InChI=1S/C9H13N/c1-7-4-3-5-8(2)9(7)6-10/h4,8-9H,3,5H2,1-2H3. The van der Waals surface area contributed by atoms with Crippen LogP contribution in [0.25, 0.3) is 0 Å². The fourth-order valence-electron chi connectivity index (χ4n) is 1.55. The van der Waals surface area contributed by atoms with E-state index >= 15 is 0 Å². The van der Waals surface area contributed by atoms with Crippen LogP contribution in [0, 0.1) is 23.2 Å². The summed E-state index contributed by atoms with van der Waals surface area (Å²) in [6.07, 6.45) is 4.52. The number of nitrogens with zero attached hydrogens (tertiary/aromatic N) is 1. The zero-order valence-electron chi connectivity index (χ0n) is 6.59. The second-order valence-corrected chi connectivity index (χ2v) is 3.11. The molecule has 2 unspecified atom stereocenters. The van der Waals surface area contributed by atoms with Crippen LogP contribution < -0.4 is 0 Å². The number of nitriles is 1. The van der Waals surface area contributed by atoms with Gasteiger partial charge in [0.2, 0.25) is 0 Å². The second-order valence-electron chi connectivity index (χ2n) is 3.11. The maximum Gasteiger partial charge on any atom is 0.0703 e. The van der Waals surface area contributed by atoms with Crippen LogP contribution in [0.3, 0.4) is 0 Å². The number of hydrogen-bond donors (Lipinski definition) is 0. The van der Waals surface area contributed by atoms with Crippen molar-refractivity contribution in [1.29, 1.82) is 5.26 Å². The van der Waals surface area contributed by atoms with Crippen molar-refractivity contribution in [2.24, 2.45) is 11.8 Å². The van der Waals surface area contributed by atoms with E-state index in [9.17, 15) is 0 Å². The van der Waals surface area contributed by atoms with E-state index in [1.807, 2.05) is 0 Å². The molecule has 0 aromatic carbocycles. The van der Waals surface area contributed by atoms with Crippen LogP contribution in [0.2, 0.25) is 0 Å². The van der Waals surface area contributed by atoms with Crippen molar-refractivity contribution < 1.29 is 0 Å². The lowest BCUT2D eigenvalue weighted by molar-refractivity contribution is 0.434. The van der Waals surface area contributed by atoms with Crippen molar-refractivity contribution in [2.75, 3.05) is 0 Å². The molecule has 0 N–H and O–H groups in total. The van der Waals surface area contributed by atoms with Gasteiger partial charge in [-0.3, -0.25) is 0 Å². The van der Waals surface area contributed by atoms with E-state index in [1.54, 1.807) is 0 Å².